The Bertz CT molecular complexity index is 1060. The van der Waals surface area contributed by atoms with Crippen LogP contribution >= 0.6 is 0 Å². The highest BCUT2D eigenvalue weighted by atomic mass is 32.2. The number of hydrogen-bond donors (Lipinski definition) is 2. The van der Waals surface area contributed by atoms with Crippen LogP contribution in [-0.4, -0.2) is 44.4 Å². The van der Waals surface area contributed by atoms with E-state index in [0.29, 0.717) is 24.6 Å². The predicted molar refractivity (Wildman–Crippen MR) is 102 cm³/mol. The number of carbonyl (C=O) groups is 2. The smallest absolute Gasteiger partial charge is 0.273 e. The Labute approximate surface area is 167 Å². The summed E-state index contributed by atoms with van der Waals surface area (Å²) in [4.78, 5) is 24.8. The van der Waals surface area contributed by atoms with Crippen molar-refractivity contribution in [3.8, 4) is 11.5 Å². The molecule has 0 unspecified atom stereocenters. The first kappa shape index (κ1) is 19.2. The molecule has 10 heteroatoms. The zero-order valence-electron chi connectivity index (χ0n) is 15.4. The molecule has 9 nitrogen and oxygen atoms in total. The third-order valence-electron chi connectivity index (χ3n) is 4.73. The lowest BCUT2D eigenvalue weighted by Gasteiger charge is -2.16. The molecule has 0 atom stereocenters. The average molecular weight is 417 g/mol. The normalized spacial score (nSPS) is 15.9. The Morgan fingerprint density at radius 3 is 2.45 bits per heavy atom. The van der Waals surface area contributed by atoms with Gasteiger partial charge in [0.15, 0.2) is 11.5 Å². The number of hydrazine groups is 1. The fourth-order valence-electron chi connectivity index (χ4n) is 3.24. The molecule has 2 N–H and O–H groups in total. The minimum Gasteiger partial charge on any atom is -0.454 e. The Balaban J connectivity index is 1.45. The van der Waals surface area contributed by atoms with Gasteiger partial charge in [-0.1, -0.05) is 12.1 Å². The summed E-state index contributed by atoms with van der Waals surface area (Å²) in [7, 11) is -3.64. The lowest BCUT2D eigenvalue weighted by molar-refractivity contribution is 0.0844. The number of sulfonamides is 1. The molecule has 0 radical (unpaired) electrons. The fraction of sp³-hybridized carbons (Fsp3) is 0.263. The second kappa shape index (κ2) is 7.72. The van der Waals surface area contributed by atoms with E-state index in [2.05, 4.69) is 10.9 Å². The van der Waals surface area contributed by atoms with Crippen molar-refractivity contribution in [2.75, 3.05) is 19.9 Å². The van der Waals surface area contributed by atoms with Gasteiger partial charge >= 0.3 is 0 Å². The molecule has 0 saturated carbocycles. The van der Waals surface area contributed by atoms with Crippen molar-refractivity contribution in [1.82, 2.24) is 15.2 Å². The number of benzene rings is 2. The van der Waals surface area contributed by atoms with Gasteiger partial charge in [-0.2, -0.15) is 4.31 Å². The van der Waals surface area contributed by atoms with Crippen LogP contribution in [0.2, 0.25) is 0 Å². The quantitative estimate of drug-likeness (QED) is 0.725. The van der Waals surface area contributed by atoms with E-state index in [1.165, 1.54) is 34.6 Å². The van der Waals surface area contributed by atoms with Gasteiger partial charge in [-0.05, 0) is 43.2 Å². The number of rotatable bonds is 4. The van der Waals surface area contributed by atoms with Crippen molar-refractivity contribution < 1.29 is 27.5 Å². The molecule has 152 valence electrons. The molecule has 2 aromatic rings. The Kier molecular flexibility index (Phi) is 5.12. The molecule has 1 saturated heterocycles. The van der Waals surface area contributed by atoms with Crippen LogP contribution in [0.4, 0.5) is 0 Å². The van der Waals surface area contributed by atoms with Crippen LogP contribution in [-0.2, 0) is 10.0 Å². The van der Waals surface area contributed by atoms with Crippen molar-refractivity contribution in [1.29, 1.82) is 0 Å². The monoisotopic (exact) mass is 417 g/mol. The summed E-state index contributed by atoms with van der Waals surface area (Å²) < 4.78 is 37.2. The predicted octanol–water partition coefficient (Wildman–Crippen LogP) is 1.27. The zero-order chi connectivity index (χ0) is 20.4. The summed E-state index contributed by atoms with van der Waals surface area (Å²) >= 11 is 0. The van der Waals surface area contributed by atoms with E-state index in [4.69, 9.17) is 9.47 Å². The summed E-state index contributed by atoms with van der Waals surface area (Å²) in [6, 6.07) is 10.6. The highest BCUT2D eigenvalue weighted by Gasteiger charge is 2.28. The first-order valence-corrected chi connectivity index (χ1v) is 10.5. The highest BCUT2D eigenvalue weighted by Crippen LogP contribution is 2.35. The molecular formula is C19H19N3O6S. The van der Waals surface area contributed by atoms with Crippen molar-refractivity contribution in [3.05, 3.63) is 53.6 Å². The van der Waals surface area contributed by atoms with E-state index < -0.39 is 21.8 Å². The van der Waals surface area contributed by atoms with E-state index in [1.807, 2.05) is 0 Å². The minimum atomic E-state index is -3.64. The second-order valence-corrected chi connectivity index (χ2v) is 8.52. The minimum absolute atomic E-state index is 0.0181. The van der Waals surface area contributed by atoms with Crippen LogP contribution < -0.4 is 20.3 Å². The molecule has 0 aliphatic carbocycles. The number of para-hydroxylation sites is 1. The van der Waals surface area contributed by atoms with E-state index in [9.17, 15) is 18.0 Å². The summed E-state index contributed by atoms with van der Waals surface area (Å²) in [5.74, 6) is -0.468. The SMILES string of the molecule is O=C(NNC(=O)c1cccc2c1OCO2)c1cccc(S(=O)(=O)N2CCCC2)c1. The maximum Gasteiger partial charge on any atom is 0.273 e. The summed E-state index contributed by atoms with van der Waals surface area (Å²) in [5.41, 5.74) is 4.93. The van der Waals surface area contributed by atoms with Gasteiger partial charge in [0.1, 0.15) is 0 Å². The maximum absolute atomic E-state index is 12.7. The largest absolute Gasteiger partial charge is 0.454 e. The van der Waals surface area contributed by atoms with Crippen LogP contribution in [0.3, 0.4) is 0 Å². The third kappa shape index (κ3) is 3.76. The topological polar surface area (TPSA) is 114 Å². The van der Waals surface area contributed by atoms with Crippen molar-refractivity contribution in [2.24, 2.45) is 0 Å². The summed E-state index contributed by atoms with van der Waals surface area (Å²) in [6.07, 6.45) is 1.65. The van der Waals surface area contributed by atoms with E-state index in [-0.39, 0.29) is 22.8 Å². The average Bonchev–Trinajstić information content (AvgIpc) is 3.43. The number of carbonyl (C=O) groups excluding carboxylic acids is 2. The molecule has 0 bridgehead atoms. The maximum atomic E-state index is 12.7. The Morgan fingerprint density at radius 2 is 1.66 bits per heavy atom. The third-order valence-corrected chi connectivity index (χ3v) is 6.62. The number of nitrogens with one attached hydrogen (secondary N) is 2. The van der Waals surface area contributed by atoms with Crippen LogP contribution in [0.5, 0.6) is 11.5 Å². The molecule has 0 spiro atoms. The van der Waals surface area contributed by atoms with Gasteiger partial charge < -0.3 is 9.47 Å². The Hall–Kier alpha value is -3.11. The standard InChI is InChI=1S/C19H19N3O6S/c23-18(20-21-19(24)15-7-4-8-16-17(15)28-12-27-16)13-5-3-6-14(11-13)29(25,26)22-9-1-2-10-22/h3-8,11H,1-2,9-10,12H2,(H,20,23)(H,21,24). The lowest BCUT2D eigenvalue weighted by Crippen LogP contribution is -2.41. The second-order valence-electron chi connectivity index (χ2n) is 6.59. The van der Waals surface area contributed by atoms with E-state index in [1.54, 1.807) is 12.1 Å². The van der Waals surface area contributed by atoms with Crippen molar-refractivity contribution in [3.63, 3.8) is 0 Å². The van der Waals surface area contributed by atoms with Crippen molar-refractivity contribution in [2.45, 2.75) is 17.7 Å². The number of amides is 2. The summed E-state index contributed by atoms with van der Waals surface area (Å²) in [6.45, 7) is 0.967. The van der Waals surface area contributed by atoms with E-state index >= 15 is 0 Å². The van der Waals surface area contributed by atoms with Gasteiger partial charge in [-0.3, -0.25) is 20.4 Å². The first-order valence-electron chi connectivity index (χ1n) is 9.06. The molecule has 1 fully saturated rings. The van der Waals surface area contributed by atoms with Gasteiger partial charge in [0.25, 0.3) is 11.8 Å². The molecular weight excluding hydrogens is 398 g/mol. The molecule has 29 heavy (non-hydrogen) atoms. The van der Waals surface area contributed by atoms with Crippen LogP contribution in [0.25, 0.3) is 0 Å². The highest BCUT2D eigenvalue weighted by molar-refractivity contribution is 7.89. The van der Waals surface area contributed by atoms with Crippen LogP contribution in [0.1, 0.15) is 33.6 Å². The number of fused-ring (bicyclic) bond motifs is 1. The zero-order valence-corrected chi connectivity index (χ0v) is 16.2. The van der Waals surface area contributed by atoms with Crippen LogP contribution in [0, 0.1) is 0 Å². The van der Waals surface area contributed by atoms with E-state index in [0.717, 1.165) is 12.8 Å². The number of nitrogens with zero attached hydrogens (tertiary/aromatic N) is 1. The number of hydrogen-bond acceptors (Lipinski definition) is 6. The van der Waals surface area contributed by atoms with Gasteiger partial charge in [0.05, 0.1) is 10.5 Å². The van der Waals surface area contributed by atoms with Gasteiger partial charge in [0, 0.05) is 18.7 Å². The molecule has 0 aromatic heterocycles. The molecule has 2 amide bonds. The molecule has 4 rings (SSSR count). The fourth-order valence-corrected chi connectivity index (χ4v) is 4.80. The summed E-state index contributed by atoms with van der Waals surface area (Å²) in [5, 5.41) is 0. The van der Waals surface area contributed by atoms with Crippen molar-refractivity contribution >= 4 is 21.8 Å². The van der Waals surface area contributed by atoms with Gasteiger partial charge in [0.2, 0.25) is 16.8 Å². The lowest BCUT2D eigenvalue weighted by atomic mass is 10.2. The molecule has 2 aromatic carbocycles. The molecule has 2 aliphatic rings. The molecule has 2 heterocycles. The number of ether oxygens (including phenoxy) is 2. The van der Waals surface area contributed by atoms with Gasteiger partial charge in [-0.25, -0.2) is 8.42 Å². The Morgan fingerprint density at radius 1 is 0.931 bits per heavy atom. The first-order chi connectivity index (χ1) is 14.0. The van der Waals surface area contributed by atoms with Crippen LogP contribution in [0.15, 0.2) is 47.4 Å². The van der Waals surface area contributed by atoms with Gasteiger partial charge in [-0.15, -0.1) is 0 Å². The molecule has 2 aliphatic heterocycles.